The molecule has 0 saturated carbocycles. The third kappa shape index (κ3) is 4.01. The topological polar surface area (TPSA) is 69.5 Å². The van der Waals surface area contributed by atoms with E-state index in [-0.39, 0.29) is 11.9 Å². The van der Waals surface area contributed by atoms with E-state index in [0.29, 0.717) is 24.6 Å². The zero-order valence-electron chi connectivity index (χ0n) is 18.8. The van der Waals surface area contributed by atoms with E-state index in [4.69, 9.17) is 14.6 Å². The third-order valence-electron chi connectivity index (χ3n) is 6.25. The molecule has 7 nitrogen and oxygen atoms in total. The molecule has 1 fully saturated rings. The van der Waals surface area contributed by atoms with Crippen molar-refractivity contribution in [3.8, 4) is 17.0 Å². The second-order valence-corrected chi connectivity index (χ2v) is 8.30. The number of hydrogen-bond acceptors (Lipinski definition) is 5. The molecular weight excluding hydrogens is 435 g/mol. The maximum absolute atomic E-state index is 14.1. The lowest BCUT2D eigenvalue weighted by molar-refractivity contribution is -0.125. The second kappa shape index (κ2) is 9.23. The highest BCUT2D eigenvalue weighted by Gasteiger charge is 2.29. The Morgan fingerprint density at radius 3 is 2.85 bits per heavy atom. The molecule has 1 aliphatic carbocycles. The minimum Gasteiger partial charge on any atom is -0.459 e. The number of ether oxygens (including phenoxy) is 2. The maximum atomic E-state index is 14.1. The SMILES string of the molecule is C=CC(=O)N1CC[C@@H](n2nc(-c3ccc(OC4=CC=CC(F)C4OC)cc3)c3cnccc32)C1. The number of carbonyl (C=O) groups excluding carboxylic acids is 1. The average molecular weight is 461 g/mol. The Hall–Kier alpha value is -3.78. The van der Waals surface area contributed by atoms with Gasteiger partial charge < -0.3 is 14.4 Å². The number of aromatic nitrogens is 3. The largest absolute Gasteiger partial charge is 0.459 e. The van der Waals surface area contributed by atoms with E-state index in [2.05, 4.69) is 11.6 Å². The third-order valence-corrected chi connectivity index (χ3v) is 6.25. The summed E-state index contributed by atoms with van der Waals surface area (Å²) < 4.78 is 27.2. The van der Waals surface area contributed by atoms with Gasteiger partial charge in [-0.1, -0.05) is 12.7 Å². The van der Waals surface area contributed by atoms with Crippen LogP contribution in [0.15, 0.2) is 79.4 Å². The molecule has 1 aromatic carbocycles. The second-order valence-electron chi connectivity index (χ2n) is 8.30. The number of hydrogen-bond donors (Lipinski definition) is 0. The van der Waals surface area contributed by atoms with E-state index in [9.17, 15) is 9.18 Å². The summed E-state index contributed by atoms with van der Waals surface area (Å²) >= 11 is 0. The van der Waals surface area contributed by atoms with Crippen molar-refractivity contribution in [3.63, 3.8) is 0 Å². The van der Waals surface area contributed by atoms with E-state index in [1.54, 1.807) is 23.2 Å². The van der Waals surface area contributed by atoms with Crippen LogP contribution in [0.3, 0.4) is 0 Å². The quantitative estimate of drug-likeness (QED) is 0.515. The zero-order valence-corrected chi connectivity index (χ0v) is 18.8. The molecule has 3 aromatic rings. The van der Waals surface area contributed by atoms with Crippen LogP contribution in [-0.4, -0.2) is 58.0 Å². The van der Waals surface area contributed by atoms with Gasteiger partial charge in [-0.25, -0.2) is 4.39 Å². The van der Waals surface area contributed by atoms with Crippen LogP contribution in [-0.2, 0) is 9.53 Å². The molecule has 174 valence electrons. The van der Waals surface area contributed by atoms with Crippen molar-refractivity contribution in [1.29, 1.82) is 0 Å². The van der Waals surface area contributed by atoms with Gasteiger partial charge in [0, 0.05) is 43.5 Å². The van der Waals surface area contributed by atoms with Crippen molar-refractivity contribution in [2.75, 3.05) is 20.2 Å². The first-order chi connectivity index (χ1) is 16.6. The predicted octanol–water partition coefficient (Wildman–Crippen LogP) is 4.24. The first kappa shape index (κ1) is 22.0. The lowest BCUT2D eigenvalue weighted by Gasteiger charge is -2.23. The summed E-state index contributed by atoms with van der Waals surface area (Å²) in [5.41, 5.74) is 2.69. The maximum Gasteiger partial charge on any atom is 0.246 e. The highest BCUT2D eigenvalue weighted by atomic mass is 19.1. The smallest absolute Gasteiger partial charge is 0.246 e. The number of alkyl halides is 1. The number of benzene rings is 1. The number of methoxy groups -OCH3 is 1. The summed E-state index contributed by atoms with van der Waals surface area (Å²) in [5.74, 6) is 0.939. The molecule has 3 heterocycles. The predicted molar refractivity (Wildman–Crippen MR) is 127 cm³/mol. The molecule has 5 rings (SSSR count). The number of carbonyl (C=O) groups is 1. The molecule has 8 heteroatoms. The fourth-order valence-corrected chi connectivity index (χ4v) is 4.51. The normalized spacial score (nSPS) is 22.1. The number of rotatable bonds is 6. The van der Waals surface area contributed by atoms with Crippen molar-refractivity contribution in [1.82, 2.24) is 19.7 Å². The summed E-state index contributed by atoms with van der Waals surface area (Å²) in [6.07, 6.45) is 8.49. The van der Waals surface area contributed by atoms with Crippen LogP contribution in [0.2, 0.25) is 0 Å². The average Bonchev–Trinajstić information content (AvgIpc) is 3.50. The molecule has 0 N–H and O–H groups in total. The van der Waals surface area contributed by atoms with Gasteiger partial charge in [0.1, 0.15) is 23.3 Å². The number of amides is 1. The van der Waals surface area contributed by atoms with E-state index in [0.717, 1.165) is 28.6 Å². The summed E-state index contributed by atoms with van der Waals surface area (Å²) in [7, 11) is 1.46. The zero-order chi connectivity index (χ0) is 23.7. The van der Waals surface area contributed by atoms with Crippen LogP contribution in [0.1, 0.15) is 12.5 Å². The number of nitrogens with zero attached hydrogens (tertiary/aromatic N) is 4. The molecule has 0 radical (unpaired) electrons. The number of pyridine rings is 1. The van der Waals surface area contributed by atoms with Crippen molar-refractivity contribution in [2.24, 2.45) is 0 Å². The number of halogens is 1. The molecule has 2 aliphatic rings. The molecule has 34 heavy (non-hydrogen) atoms. The van der Waals surface area contributed by atoms with Crippen molar-refractivity contribution in [2.45, 2.75) is 24.7 Å². The van der Waals surface area contributed by atoms with Gasteiger partial charge in [-0.15, -0.1) is 0 Å². The fraction of sp³-hybridized carbons (Fsp3) is 0.269. The van der Waals surface area contributed by atoms with E-state index < -0.39 is 12.3 Å². The van der Waals surface area contributed by atoms with E-state index >= 15 is 0 Å². The van der Waals surface area contributed by atoms with Gasteiger partial charge in [0.05, 0.1) is 11.6 Å². The van der Waals surface area contributed by atoms with Gasteiger partial charge in [-0.2, -0.15) is 5.10 Å². The summed E-state index contributed by atoms with van der Waals surface area (Å²) in [5, 5.41) is 5.86. The molecule has 1 amide bonds. The molecule has 2 unspecified atom stereocenters. The summed E-state index contributed by atoms with van der Waals surface area (Å²) in [4.78, 5) is 18.1. The Morgan fingerprint density at radius 1 is 1.26 bits per heavy atom. The molecule has 2 aromatic heterocycles. The fourth-order valence-electron chi connectivity index (χ4n) is 4.51. The van der Waals surface area contributed by atoms with E-state index in [1.165, 1.54) is 19.3 Å². The first-order valence-corrected chi connectivity index (χ1v) is 11.2. The first-order valence-electron chi connectivity index (χ1n) is 11.2. The van der Waals surface area contributed by atoms with Crippen LogP contribution in [0.5, 0.6) is 5.75 Å². The van der Waals surface area contributed by atoms with Gasteiger partial charge >= 0.3 is 0 Å². The molecule has 3 atom stereocenters. The number of fused-ring (bicyclic) bond motifs is 1. The minimum absolute atomic E-state index is 0.0604. The van der Waals surface area contributed by atoms with Crippen LogP contribution in [0.4, 0.5) is 4.39 Å². The van der Waals surface area contributed by atoms with Crippen molar-refractivity contribution in [3.05, 3.63) is 79.4 Å². The van der Waals surface area contributed by atoms with Gasteiger partial charge in [0.2, 0.25) is 5.91 Å². The molecule has 1 aliphatic heterocycles. The van der Waals surface area contributed by atoms with Crippen molar-refractivity contribution >= 4 is 16.8 Å². The van der Waals surface area contributed by atoms with Crippen LogP contribution in [0, 0.1) is 0 Å². The number of likely N-dealkylation sites (tertiary alicyclic amines) is 1. The van der Waals surface area contributed by atoms with Gasteiger partial charge in [0.25, 0.3) is 0 Å². The molecular formula is C26H25FN4O3. The van der Waals surface area contributed by atoms with Crippen LogP contribution >= 0.6 is 0 Å². The van der Waals surface area contributed by atoms with Crippen LogP contribution in [0.25, 0.3) is 22.2 Å². The Labute approximate surface area is 196 Å². The number of allylic oxidation sites excluding steroid dienone is 2. The summed E-state index contributed by atoms with van der Waals surface area (Å²) in [6, 6.07) is 9.53. The lowest BCUT2D eigenvalue weighted by Crippen LogP contribution is -2.29. The van der Waals surface area contributed by atoms with Gasteiger partial charge in [0.15, 0.2) is 6.17 Å². The highest BCUT2D eigenvalue weighted by molar-refractivity contribution is 5.93. The Balaban J connectivity index is 1.42. The van der Waals surface area contributed by atoms with Crippen LogP contribution < -0.4 is 4.74 Å². The Bertz CT molecular complexity index is 1280. The van der Waals surface area contributed by atoms with E-state index in [1.807, 2.05) is 41.2 Å². The molecule has 0 bridgehead atoms. The lowest BCUT2D eigenvalue weighted by atomic mass is 10.1. The Morgan fingerprint density at radius 2 is 2.09 bits per heavy atom. The van der Waals surface area contributed by atoms with Gasteiger partial charge in [-0.3, -0.25) is 14.5 Å². The monoisotopic (exact) mass is 460 g/mol. The standard InChI is InChI=1S/C26H25FN4O3/c1-3-24(32)30-14-12-18(16-30)31-22-11-13-28-15-20(22)25(29-31)17-7-9-19(10-8-17)34-23-6-4-5-21(27)26(23)33-2/h3-11,13,15,18,21,26H,1,12,14,16H2,2H3/t18-,21?,26?/m1/s1. The Kier molecular flexibility index (Phi) is 5.98. The molecule has 1 saturated heterocycles. The minimum atomic E-state index is -1.25. The summed E-state index contributed by atoms with van der Waals surface area (Å²) in [6.45, 7) is 4.86. The van der Waals surface area contributed by atoms with Gasteiger partial charge in [-0.05, 0) is 55.0 Å². The molecule has 0 spiro atoms. The van der Waals surface area contributed by atoms with Crippen molar-refractivity contribution < 1.29 is 18.7 Å². The highest BCUT2D eigenvalue weighted by Crippen LogP contribution is 2.33.